The summed E-state index contributed by atoms with van der Waals surface area (Å²) in [7, 11) is 0. The van der Waals surface area contributed by atoms with Crippen LogP contribution in [-0.4, -0.2) is 37.1 Å². The lowest BCUT2D eigenvalue weighted by molar-refractivity contribution is -0.131. The maximum absolute atomic E-state index is 13.5. The SMILES string of the molecule is CCOC(CNC(=O)c1cc(F)c(F)c(O)c1F)OCC. The van der Waals surface area contributed by atoms with E-state index in [1.165, 1.54) is 0 Å². The van der Waals surface area contributed by atoms with Gasteiger partial charge in [-0.2, -0.15) is 4.39 Å². The summed E-state index contributed by atoms with van der Waals surface area (Å²) in [5.41, 5.74) is -0.807. The molecule has 118 valence electrons. The minimum Gasteiger partial charge on any atom is -0.503 e. The lowest BCUT2D eigenvalue weighted by Gasteiger charge is -2.17. The van der Waals surface area contributed by atoms with Crippen LogP contribution < -0.4 is 5.32 Å². The smallest absolute Gasteiger partial charge is 0.254 e. The Morgan fingerprint density at radius 3 is 2.33 bits per heavy atom. The van der Waals surface area contributed by atoms with Crippen LogP contribution in [0.4, 0.5) is 13.2 Å². The fourth-order valence-corrected chi connectivity index (χ4v) is 1.56. The number of phenolic OH excluding ortho intramolecular Hbond substituents is 1. The molecule has 21 heavy (non-hydrogen) atoms. The van der Waals surface area contributed by atoms with Gasteiger partial charge in [-0.1, -0.05) is 0 Å². The fourth-order valence-electron chi connectivity index (χ4n) is 1.56. The molecule has 0 aliphatic rings. The van der Waals surface area contributed by atoms with Crippen molar-refractivity contribution in [3.63, 3.8) is 0 Å². The Bertz CT molecular complexity index is 505. The molecule has 8 heteroatoms. The first-order valence-corrected chi connectivity index (χ1v) is 6.30. The Morgan fingerprint density at radius 2 is 1.81 bits per heavy atom. The van der Waals surface area contributed by atoms with Crippen molar-refractivity contribution >= 4 is 5.91 Å². The molecule has 0 bridgehead atoms. The highest BCUT2D eigenvalue weighted by molar-refractivity contribution is 5.94. The molecule has 1 rings (SSSR count). The molecule has 0 saturated carbocycles. The summed E-state index contributed by atoms with van der Waals surface area (Å²) in [5.74, 6) is -7.36. The van der Waals surface area contributed by atoms with E-state index < -0.39 is 41.0 Å². The molecule has 1 amide bonds. The van der Waals surface area contributed by atoms with E-state index in [4.69, 9.17) is 14.6 Å². The second-order valence-electron chi connectivity index (χ2n) is 3.93. The standard InChI is InChI=1S/C13H16F3NO4/c1-3-20-9(21-4-2)6-17-13(19)7-5-8(14)11(16)12(18)10(7)15/h5,9,18H,3-4,6H2,1-2H3,(H,17,19). The van der Waals surface area contributed by atoms with Crippen LogP contribution in [0.5, 0.6) is 5.75 Å². The van der Waals surface area contributed by atoms with Gasteiger partial charge < -0.3 is 19.9 Å². The maximum atomic E-state index is 13.5. The summed E-state index contributed by atoms with van der Waals surface area (Å²) in [4.78, 5) is 11.7. The number of phenols is 1. The van der Waals surface area contributed by atoms with Gasteiger partial charge in [-0.25, -0.2) is 8.78 Å². The maximum Gasteiger partial charge on any atom is 0.254 e. The molecule has 0 aliphatic carbocycles. The van der Waals surface area contributed by atoms with Crippen LogP contribution in [0, 0.1) is 17.5 Å². The van der Waals surface area contributed by atoms with Gasteiger partial charge in [0.15, 0.2) is 23.7 Å². The molecular formula is C13H16F3NO4. The first kappa shape index (κ1) is 17.3. The van der Waals surface area contributed by atoms with Crippen molar-refractivity contribution in [2.24, 2.45) is 0 Å². The van der Waals surface area contributed by atoms with Crippen LogP contribution in [0.1, 0.15) is 24.2 Å². The third-order valence-electron chi connectivity index (χ3n) is 2.51. The van der Waals surface area contributed by atoms with E-state index in [0.717, 1.165) is 0 Å². The van der Waals surface area contributed by atoms with Gasteiger partial charge >= 0.3 is 0 Å². The highest BCUT2D eigenvalue weighted by Crippen LogP contribution is 2.25. The van der Waals surface area contributed by atoms with E-state index in [9.17, 15) is 18.0 Å². The van der Waals surface area contributed by atoms with E-state index in [1.807, 2.05) is 0 Å². The number of benzene rings is 1. The molecule has 0 aliphatic heterocycles. The molecule has 0 spiro atoms. The Morgan fingerprint density at radius 1 is 1.24 bits per heavy atom. The highest BCUT2D eigenvalue weighted by atomic mass is 19.2. The molecular weight excluding hydrogens is 291 g/mol. The summed E-state index contributed by atoms with van der Waals surface area (Å²) in [6.07, 6.45) is -0.745. The first-order valence-electron chi connectivity index (χ1n) is 6.30. The number of carbonyl (C=O) groups is 1. The van der Waals surface area contributed by atoms with Crippen LogP contribution in [0.2, 0.25) is 0 Å². The summed E-state index contributed by atoms with van der Waals surface area (Å²) in [6, 6.07) is 0.371. The van der Waals surface area contributed by atoms with Crippen molar-refractivity contribution in [1.82, 2.24) is 5.32 Å². The van der Waals surface area contributed by atoms with Crippen molar-refractivity contribution in [2.45, 2.75) is 20.1 Å². The van der Waals surface area contributed by atoms with Crippen molar-refractivity contribution in [3.8, 4) is 5.75 Å². The van der Waals surface area contributed by atoms with Gasteiger partial charge in [0.1, 0.15) is 0 Å². The van der Waals surface area contributed by atoms with Gasteiger partial charge in [0.2, 0.25) is 5.82 Å². The highest BCUT2D eigenvalue weighted by Gasteiger charge is 2.23. The molecule has 0 heterocycles. The molecule has 0 radical (unpaired) electrons. The van der Waals surface area contributed by atoms with E-state index in [2.05, 4.69) is 5.32 Å². The van der Waals surface area contributed by atoms with Gasteiger partial charge in [-0.05, 0) is 19.9 Å². The van der Waals surface area contributed by atoms with Crippen molar-refractivity contribution in [3.05, 3.63) is 29.1 Å². The lowest BCUT2D eigenvalue weighted by atomic mass is 10.1. The number of halogens is 3. The van der Waals surface area contributed by atoms with Crippen LogP contribution in [0.25, 0.3) is 0 Å². The van der Waals surface area contributed by atoms with Crippen molar-refractivity contribution in [2.75, 3.05) is 19.8 Å². The third-order valence-corrected chi connectivity index (χ3v) is 2.51. The molecule has 2 N–H and O–H groups in total. The average molecular weight is 307 g/mol. The van der Waals surface area contributed by atoms with Crippen molar-refractivity contribution in [1.29, 1.82) is 0 Å². The number of amides is 1. The van der Waals surface area contributed by atoms with Crippen LogP contribution in [0.3, 0.4) is 0 Å². The molecule has 0 atom stereocenters. The zero-order chi connectivity index (χ0) is 16.0. The molecule has 5 nitrogen and oxygen atoms in total. The monoisotopic (exact) mass is 307 g/mol. The van der Waals surface area contributed by atoms with E-state index in [0.29, 0.717) is 19.3 Å². The number of ether oxygens (including phenoxy) is 2. The van der Waals surface area contributed by atoms with Crippen molar-refractivity contribution < 1.29 is 32.5 Å². The van der Waals surface area contributed by atoms with Crippen LogP contribution in [0.15, 0.2) is 6.07 Å². The average Bonchev–Trinajstić information content (AvgIpc) is 2.46. The molecule has 1 aromatic rings. The molecule has 0 aromatic heterocycles. The molecule has 0 unspecified atom stereocenters. The topological polar surface area (TPSA) is 67.8 Å². The van der Waals surface area contributed by atoms with Crippen LogP contribution >= 0.6 is 0 Å². The summed E-state index contributed by atoms with van der Waals surface area (Å²) >= 11 is 0. The van der Waals surface area contributed by atoms with E-state index in [-0.39, 0.29) is 6.54 Å². The molecule has 0 saturated heterocycles. The minimum atomic E-state index is -1.74. The number of hydrogen-bond donors (Lipinski definition) is 2. The predicted octanol–water partition coefficient (Wildman–Crippen LogP) is 1.94. The van der Waals surface area contributed by atoms with Gasteiger partial charge in [-0.3, -0.25) is 4.79 Å². The van der Waals surface area contributed by atoms with Gasteiger partial charge in [0.05, 0.1) is 12.1 Å². The fraction of sp³-hybridized carbons (Fsp3) is 0.462. The normalized spacial score (nSPS) is 11.0. The first-order chi connectivity index (χ1) is 9.92. The number of carbonyl (C=O) groups excluding carboxylic acids is 1. The second kappa shape index (κ2) is 7.84. The molecule has 1 aromatic carbocycles. The van der Waals surface area contributed by atoms with Crippen LogP contribution in [-0.2, 0) is 9.47 Å². The zero-order valence-corrected chi connectivity index (χ0v) is 11.6. The molecule has 0 fully saturated rings. The number of nitrogens with one attached hydrogen (secondary N) is 1. The predicted molar refractivity (Wildman–Crippen MR) is 67.4 cm³/mol. The lowest BCUT2D eigenvalue weighted by Crippen LogP contribution is -2.35. The Kier molecular flexibility index (Phi) is 6.44. The Hall–Kier alpha value is -1.80. The summed E-state index contributed by atoms with van der Waals surface area (Å²) < 4.78 is 49.8. The minimum absolute atomic E-state index is 0.111. The quantitative estimate of drug-likeness (QED) is 0.597. The van der Waals surface area contributed by atoms with Gasteiger partial charge in [0.25, 0.3) is 5.91 Å². The third kappa shape index (κ3) is 4.33. The Labute approximate surface area is 119 Å². The second-order valence-corrected chi connectivity index (χ2v) is 3.93. The van der Waals surface area contributed by atoms with E-state index >= 15 is 0 Å². The summed E-state index contributed by atoms with van der Waals surface area (Å²) in [6.45, 7) is 4.00. The number of hydrogen-bond acceptors (Lipinski definition) is 4. The largest absolute Gasteiger partial charge is 0.503 e. The summed E-state index contributed by atoms with van der Waals surface area (Å²) in [5, 5.41) is 11.3. The Balaban J connectivity index is 2.80. The number of rotatable bonds is 7. The zero-order valence-electron chi connectivity index (χ0n) is 11.6. The van der Waals surface area contributed by atoms with Gasteiger partial charge in [-0.15, -0.1) is 0 Å². The van der Waals surface area contributed by atoms with E-state index in [1.54, 1.807) is 13.8 Å². The van der Waals surface area contributed by atoms with Gasteiger partial charge in [0, 0.05) is 13.2 Å². The number of aromatic hydroxyl groups is 1.